The summed E-state index contributed by atoms with van der Waals surface area (Å²) in [5.41, 5.74) is 1.04. The topological polar surface area (TPSA) is 63.2 Å². The molecule has 3 rings (SSSR count). The van der Waals surface area contributed by atoms with Gasteiger partial charge >= 0.3 is 0 Å². The van der Waals surface area contributed by atoms with Crippen molar-refractivity contribution in [3.63, 3.8) is 0 Å². The van der Waals surface area contributed by atoms with Gasteiger partial charge in [-0.2, -0.15) is 0 Å². The average Bonchev–Trinajstić information content (AvgIpc) is 2.88. The molecule has 23 heavy (non-hydrogen) atoms. The van der Waals surface area contributed by atoms with E-state index < -0.39 is 36.5 Å². The molecule has 6 nitrogen and oxygen atoms in total. The fourth-order valence-corrected chi connectivity index (χ4v) is 3.03. The molecule has 2 aliphatic rings. The van der Waals surface area contributed by atoms with Crippen LogP contribution in [0.15, 0.2) is 30.3 Å². The highest BCUT2D eigenvalue weighted by Gasteiger charge is 2.56. The first-order valence-electron chi connectivity index (χ1n) is 7.69. The van der Waals surface area contributed by atoms with Crippen LogP contribution in [-0.4, -0.2) is 49.9 Å². The predicted molar refractivity (Wildman–Crippen MR) is 80.6 cm³/mol. The van der Waals surface area contributed by atoms with Crippen LogP contribution in [0.1, 0.15) is 19.4 Å². The van der Waals surface area contributed by atoms with E-state index in [1.54, 1.807) is 0 Å². The summed E-state index contributed by atoms with van der Waals surface area (Å²) in [6.45, 7) is 4.01. The number of rotatable bonds is 5. The zero-order chi connectivity index (χ0) is 16.4. The zero-order valence-electron chi connectivity index (χ0n) is 13.5. The van der Waals surface area contributed by atoms with Crippen molar-refractivity contribution in [2.24, 2.45) is 0 Å². The highest BCUT2D eigenvalue weighted by atomic mass is 16.8. The van der Waals surface area contributed by atoms with Crippen LogP contribution < -0.4 is 0 Å². The molecule has 0 saturated carbocycles. The average molecular weight is 322 g/mol. The van der Waals surface area contributed by atoms with Crippen LogP contribution in [0.2, 0.25) is 0 Å². The van der Waals surface area contributed by atoms with Crippen molar-refractivity contribution >= 4 is 6.29 Å². The van der Waals surface area contributed by atoms with Gasteiger partial charge in [-0.25, -0.2) is 0 Å². The molecule has 1 aromatic carbocycles. The second-order valence-electron chi connectivity index (χ2n) is 6.17. The molecule has 0 amide bonds. The van der Waals surface area contributed by atoms with Gasteiger partial charge in [0.05, 0.1) is 6.61 Å². The number of ether oxygens (including phenoxy) is 5. The minimum absolute atomic E-state index is 0.396. The Hall–Kier alpha value is -1.31. The van der Waals surface area contributed by atoms with E-state index >= 15 is 0 Å². The molecule has 0 N–H and O–H groups in total. The molecule has 0 bridgehead atoms. The smallest absolute Gasteiger partial charge is 0.187 e. The maximum atomic E-state index is 11.3. The number of carbonyl (C=O) groups is 1. The summed E-state index contributed by atoms with van der Waals surface area (Å²) in [7, 11) is 1.52. The zero-order valence-corrected chi connectivity index (χ0v) is 13.5. The van der Waals surface area contributed by atoms with Gasteiger partial charge in [-0.3, -0.25) is 0 Å². The maximum absolute atomic E-state index is 11.3. The van der Waals surface area contributed by atoms with Gasteiger partial charge in [-0.1, -0.05) is 30.3 Å². The maximum Gasteiger partial charge on any atom is 0.187 e. The van der Waals surface area contributed by atoms with Crippen molar-refractivity contribution in [2.75, 3.05) is 7.11 Å². The lowest BCUT2D eigenvalue weighted by Crippen LogP contribution is -2.58. The molecular weight excluding hydrogens is 300 g/mol. The SMILES string of the molecule is CO[C@@H]1O[C@H](C=O)[C@@H]2OC(C)(C)O[C@@H]2[C@H]1OCc1ccccc1. The molecule has 1 aromatic rings. The van der Waals surface area contributed by atoms with Crippen molar-refractivity contribution in [1.29, 1.82) is 0 Å². The third-order valence-electron chi connectivity index (χ3n) is 4.02. The van der Waals surface area contributed by atoms with Crippen LogP contribution in [0.5, 0.6) is 0 Å². The van der Waals surface area contributed by atoms with E-state index in [4.69, 9.17) is 23.7 Å². The standard InChI is InChI=1S/C17H22O6/c1-17(2)22-13-12(9-18)21-16(19-3)15(14(13)23-17)20-10-11-7-5-4-6-8-11/h4-9,12-16H,10H2,1-3H3/t12-,13+,14+,15-,16-/m1/s1. The minimum Gasteiger partial charge on any atom is -0.365 e. The number of fused-ring (bicyclic) bond motifs is 1. The Bertz CT molecular complexity index is 531. The molecule has 2 fully saturated rings. The number of benzene rings is 1. The Morgan fingerprint density at radius 2 is 1.87 bits per heavy atom. The first-order chi connectivity index (χ1) is 11.0. The van der Waals surface area contributed by atoms with Crippen LogP contribution in [-0.2, 0) is 35.1 Å². The van der Waals surface area contributed by atoms with Crippen LogP contribution in [0, 0.1) is 0 Å². The second-order valence-corrected chi connectivity index (χ2v) is 6.17. The normalized spacial score (nSPS) is 35.7. The minimum atomic E-state index is -0.795. The highest BCUT2D eigenvalue weighted by molar-refractivity contribution is 5.58. The van der Waals surface area contributed by atoms with Crippen molar-refractivity contribution in [1.82, 2.24) is 0 Å². The third kappa shape index (κ3) is 3.46. The molecule has 126 valence electrons. The van der Waals surface area contributed by atoms with Gasteiger partial charge in [0.1, 0.15) is 24.4 Å². The van der Waals surface area contributed by atoms with Crippen LogP contribution in [0.25, 0.3) is 0 Å². The van der Waals surface area contributed by atoms with Gasteiger partial charge in [0.2, 0.25) is 0 Å². The van der Waals surface area contributed by atoms with Gasteiger partial charge < -0.3 is 28.5 Å². The summed E-state index contributed by atoms with van der Waals surface area (Å²) in [6, 6.07) is 9.81. The molecule has 0 radical (unpaired) electrons. The second kappa shape index (κ2) is 6.67. The largest absolute Gasteiger partial charge is 0.365 e. The lowest BCUT2D eigenvalue weighted by Gasteiger charge is -2.39. The lowest BCUT2D eigenvalue weighted by atomic mass is 9.99. The van der Waals surface area contributed by atoms with E-state index in [1.165, 1.54) is 7.11 Å². The van der Waals surface area contributed by atoms with Gasteiger partial charge in [0.25, 0.3) is 0 Å². The van der Waals surface area contributed by atoms with Crippen LogP contribution in [0.4, 0.5) is 0 Å². The molecule has 0 aliphatic carbocycles. The van der Waals surface area contributed by atoms with Crippen LogP contribution >= 0.6 is 0 Å². The highest BCUT2D eigenvalue weighted by Crippen LogP contribution is 2.38. The molecular formula is C17H22O6. The van der Waals surface area contributed by atoms with Crippen molar-refractivity contribution < 1.29 is 28.5 Å². The summed E-state index contributed by atoms with van der Waals surface area (Å²) >= 11 is 0. The summed E-state index contributed by atoms with van der Waals surface area (Å²) in [5.74, 6) is -0.795. The fraction of sp³-hybridized carbons (Fsp3) is 0.588. The van der Waals surface area contributed by atoms with E-state index in [2.05, 4.69) is 0 Å². The molecule has 2 heterocycles. The van der Waals surface area contributed by atoms with E-state index in [9.17, 15) is 4.79 Å². The number of carbonyl (C=O) groups excluding carboxylic acids is 1. The molecule has 2 aliphatic heterocycles. The van der Waals surface area contributed by atoms with E-state index in [0.717, 1.165) is 11.8 Å². The Kier molecular flexibility index (Phi) is 4.79. The van der Waals surface area contributed by atoms with Crippen molar-refractivity contribution in [3.8, 4) is 0 Å². The first-order valence-corrected chi connectivity index (χ1v) is 7.69. The molecule has 0 spiro atoms. The van der Waals surface area contributed by atoms with Crippen molar-refractivity contribution in [2.45, 2.75) is 56.9 Å². The molecule has 0 unspecified atom stereocenters. The Morgan fingerprint density at radius 1 is 1.17 bits per heavy atom. The molecule has 5 atom stereocenters. The van der Waals surface area contributed by atoms with E-state index in [0.29, 0.717) is 6.61 Å². The Morgan fingerprint density at radius 3 is 2.52 bits per heavy atom. The molecule has 2 saturated heterocycles. The van der Waals surface area contributed by atoms with E-state index in [1.807, 2.05) is 44.2 Å². The Balaban J connectivity index is 1.77. The summed E-state index contributed by atoms with van der Waals surface area (Å²) < 4.78 is 28.8. The molecule has 6 heteroatoms. The number of aldehydes is 1. The first kappa shape index (κ1) is 16.5. The fourth-order valence-electron chi connectivity index (χ4n) is 3.03. The van der Waals surface area contributed by atoms with Gasteiger partial charge in [-0.15, -0.1) is 0 Å². The quantitative estimate of drug-likeness (QED) is 0.768. The third-order valence-corrected chi connectivity index (χ3v) is 4.02. The number of hydrogen-bond donors (Lipinski definition) is 0. The molecule has 0 aromatic heterocycles. The van der Waals surface area contributed by atoms with E-state index in [-0.39, 0.29) is 0 Å². The lowest BCUT2D eigenvalue weighted by molar-refractivity contribution is -0.274. The number of methoxy groups -OCH3 is 1. The summed E-state index contributed by atoms with van der Waals surface area (Å²) in [6.07, 6.45) is -2.11. The van der Waals surface area contributed by atoms with Gasteiger partial charge in [0.15, 0.2) is 18.4 Å². The summed E-state index contributed by atoms with van der Waals surface area (Å²) in [5, 5.41) is 0. The van der Waals surface area contributed by atoms with Crippen LogP contribution in [0.3, 0.4) is 0 Å². The van der Waals surface area contributed by atoms with Crippen molar-refractivity contribution in [3.05, 3.63) is 35.9 Å². The monoisotopic (exact) mass is 322 g/mol. The number of hydrogen-bond acceptors (Lipinski definition) is 6. The Labute approximate surface area is 135 Å². The summed E-state index contributed by atoms with van der Waals surface area (Å²) in [4.78, 5) is 11.3. The predicted octanol–water partition coefficient (Wildman–Crippen LogP) is 1.66. The van der Waals surface area contributed by atoms with Gasteiger partial charge in [0, 0.05) is 7.11 Å². The van der Waals surface area contributed by atoms with Gasteiger partial charge in [-0.05, 0) is 19.4 Å².